The van der Waals surface area contributed by atoms with Crippen molar-refractivity contribution in [3.8, 4) is 17.3 Å². The molecule has 0 N–H and O–H groups in total. The molecule has 2 nitrogen and oxygen atoms in total. The number of benzene rings is 2. The lowest BCUT2D eigenvalue weighted by molar-refractivity contribution is 0.624. The van der Waals surface area contributed by atoms with Gasteiger partial charge in [0, 0.05) is 11.3 Å². The van der Waals surface area contributed by atoms with Crippen molar-refractivity contribution in [1.29, 1.82) is 5.26 Å². The highest BCUT2D eigenvalue weighted by atomic mass is 19.1. The Bertz CT molecular complexity index is 1140. The normalized spacial score (nSPS) is 9.73. The van der Waals surface area contributed by atoms with E-state index in [1.165, 1.54) is 30.0 Å². The second-order valence-corrected chi connectivity index (χ2v) is 8.70. The Hall–Kier alpha value is -3.51. The number of unbranched alkanes of at least 4 members (excludes halogenated alkanes) is 1. The molecule has 2 aromatic carbocycles. The summed E-state index contributed by atoms with van der Waals surface area (Å²) in [5.41, 5.74) is 6.92. The average Bonchev–Trinajstić information content (AvgIpc) is 2.92. The van der Waals surface area contributed by atoms with Crippen molar-refractivity contribution in [3.05, 3.63) is 114 Å². The first kappa shape index (κ1) is 31.5. The molecule has 0 spiro atoms. The Labute approximate surface area is 224 Å². The van der Waals surface area contributed by atoms with Crippen molar-refractivity contribution < 1.29 is 4.39 Å². The van der Waals surface area contributed by atoms with Crippen LogP contribution >= 0.6 is 0 Å². The summed E-state index contributed by atoms with van der Waals surface area (Å²) >= 11 is 0. The first-order valence-electron chi connectivity index (χ1n) is 13.5. The second-order valence-electron chi connectivity index (χ2n) is 8.70. The predicted molar refractivity (Wildman–Crippen MR) is 157 cm³/mol. The largest absolute Gasteiger partial charge is 0.253 e. The summed E-state index contributed by atoms with van der Waals surface area (Å²) in [4.78, 5) is 4.99. The van der Waals surface area contributed by atoms with Gasteiger partial charge in [0.2, 0.25) is 0 Å². The first-order chi connectivity index (χ1) is 18.0. The lowest BCUT2D eigenvalue weighted by atomic mass is 9.96. The second kappa shape index (κ2) is 18.7. The van der Waals surface area contributed by atoms with Crippen molar-refractivity contribution in [2.24, 2.45) is 0 Å². The molecule has 0 bridgehead atoms. The number of rotatable bonds is 11. The van der Waals surface area contributed by atoms with Crippen molar-refractivity contribution >= 4 is 0 Å². The number of allylic oxidation sites excluding steroid dienone is 2. The fourth-order valence-electron chi connectivity index (χ4n) is 3.94. The lowest BCUT2D eigenvalue weighted by Crippen LogP contribution is -2.03. The van der Waals surface area contributed by atoms with E-state index in [9.17, 15) is 9.65 Å². The Morgan fingerprint density at radius 2 is 1.70 bits per heavy atom. The van der Waals surface area contributed by atoms with Crippen molar-refractivity contribution in [1.82, 2.24) is 4.98 Å². The molecule has 3 heteroatoms. The molecule has 0 unspecified atom stereocenters. The van der Waals surface area contributed by atoms with Gasteiger partial charge in [0.25, 0.3) is 0 Å². The van der Waals surface area contributed by atoms with Gasteiger partial charge < -0.3 is 0 Å². The number of halogens is 1. The maximum atomic E-state index is 13.5. The van der Waals surface area contributed by atoms with E-state index < -0.39 is 0 Å². The van der Waals surface area contributed by atoms with E-state index in [1.54, 1.807) is 18.2 Å². The van der Waals surface area contributed by atoms with Crippen molar-refractivity contribution in [2.75, 3.05) is 0 Å². The third-order valence-corrected chi connectivity index (χ3v) is 5.79. The quantitative estimate of drug-likeness (QED) is 0.247. The molecule has 0 aliphatic carbocycles. The molecule has 1 aromatic heterocycles. The van der Waals surface area contributed by atoms with Gasteiger partial charge >= 0.3 is 0 Å². The molecule has 0 saturated heterocycles. The minimum absolute atomic E-state index is 0.193. The summed E-state index contributed by atoms with van der Waals surface area (Å²) in [5.74, 6) is -0.193. The molecule has 0 aliphatic rings. The minimum atomic E-state index is -0.193. The number of hydrogen-bond acceptors (Lipinski definition) is 2. The van der Waals surface area contributed by atoms with Gasteiger partial charge in [0.05, 0.1) is 17.3 Å². The van der Waals surface area contributed by atoms with Gasteiger partial charge in [-0.05, 0) is 87.3 Å². The first-order valence-corrected chi connectivity index (χ1v) is 13.5. The van der Waals surface area contributed by atoms with Gasteiger partial charge in [-0.25, -0.2) is 4.39 Å². The van der Waals surface area contributed by atoms with Crippen LogP contribution in [-0.2, 0) is 19.3 Å². The monoisotopic (exact) mass is 498 g/mol. The highest BCUT2D eigenvalue weighted by molar-refractivity contribution is 5.67. The molecule has 0 radical (unpaired) electrons. The SMILES string of the molecule is C=C(CCCC)CCc1ccc(-c2ccccc2C#N)nc1CCCc1cccc(F)c1.C=CC.CC. The van der Waals surface area contributed by atoms with Crippen LogP contribution in [0.15, 0.2) is 85.5 Å². The summed E-state index contributed by atoms with van der Waals surface area (Å²) in [6.45, 7) is 15.7. The molecular formula is C34H43FN2. The summed E-state index contributed by atoms with van der Waals surface area (Å²) in [5, 5.41) is 9.49. The average molecular weight is 499 g/mol. The van der Waals surface area contributed by atoms with Crippen molar-refractivity contribution in [3.63, 3.8) is 0 Å². The number of pyridine rings is 1. The molecule has 37 heavy (non-hydrogen) atoms. The Kier molecular flexibility index (Phi) is 15.9. The zero-order chi connectivity index (χ0) is 27.5. The Balaban J connectivity index is 0.00000127. The van der Waals surface area contributed by atoms with Crippen molar-refractivity contribution in [2.45, 2.75) is 79.1 Å². The van der Waals surface area contributed by atoms with Crippen LogP contribution in [0.4, 0.5) is 4.39 Å². The van der Waals surface area contributed by atoms with Gasteiger partial charge in [-0.1, -0.05) is 81.8 Å². The van der Waals surface area contributed by atoms with Crippen LogP contribution in [0.25, 0.3) is 11.3 Å². The van der Waals surface area contributed by atoms with Crippen LogP contribution < -0.4 is 0 Å². The molecule has 3 rings (SSSR count). The third-order valence-electron chi connectivity index (χ3n) is 5.79. The molecule has 0 saturated carbocycles. The standard InChI is InChI=1S/C29H31FN2.C3H6.C2H6/c1-3-4-9-22(2)16-17-24-18-19-29(27-14-6-5-12-25(27)21-31)32-28(24)15-8-11-23-10-7-13-26(30)20-23;1-3-2;1-2/h5-7,10,12-14,18-20H,2-4,8-9,11,15-17H2,1H3;3H,1H2,2H3;1-2H3. The topological polar surface area (TPSA) is 36.7 Å². The summed E-state index contributed by atoms with van der Waals surface area (Å²) in [6, 6.07) is 20.8. The summed E-state index contributed by atoms with van der Waals surface area (Å²) < 4.78 is 13.5. The number of nitriles is 1. The summed E-state index contributed by atoms with van der Waals surface area (Å²) in [7, 11) is 0. The van der Waals surface area contributed by atoms with Gasteiger partial charge in [0.1, 0.15) is 5.82 Å². The highest BCUT2D eigenvalue weighted by Crippen LogP contribution is 2.25. The van der Waals surface area contributed by atoms with E-state index >= 15 is 0 Å². The number of aryl methyl sites for hydroxylation is 3. The molecule has 1 heterocycles. The van der Waals surface area contributed by atoms with E-state index in [0.29, 0.717) is 5.56 Å². The fourth-order valence-corrected chi connectivity index (χ4v) is 3.94. The number of aromatic nitrogens is 1. The third kappa shape index (κ3) is 11.4. The van der Waals surface area contributed by atoms with Crippen LogP contribution in [0.2, 0.25) is 0 Å². The Morgan fingerprint density at radius 3 is 2.38 bits per heavy atom. The van der Waals surface area contributed by atoms with Gasteiger partial charge in [-0.15, -0.1) is 6.58 Å². The molecule has 0 amide bonds. The predicted octanol–water partition coefficient (Wildman–Crippen LogP) is 9.83. The van der Waals surface area contributed by atoms with E-state index in [0.717, 1.165) is 61.0 Å². The molecular weight excluding hydrogens is 455 g/mol. The number of nitrogens with zero attached hydrogens (tertiary/aromatic N) is 2. The number of hydrogen-bond donors (Lipinski definition) is 0. The van der Waals surface area contributed by atoms with E-state index in [2.05, 4.69) is 32.2 Å². The fraction of sp³-hybridized carbons (Fsp3) is 0.353. The molecule has 0 aliphatic heterocycles. The summed E-state index contributed by atoms with van der Waals surface area (Å²) in [6.07, 6.45) is 9.59. The van der Waals surface area contributed by atoms with Crippen LogP contribution in [0, 0.1) is 17.1 Å². The van der Waals surface area contributed by atoms with Crippen LogP contribution in [-0.4, -0.2) is 4.98 Å². The smallest absolute Gasteiger partial charge is 0.123 e. The maximum absolute atomic E-state index is 13.5. The van der Waals surface area contributed by atoms with Gasteiger partial charge in [-0.2, -0.15) is 5.26 Å². The lowest BCUT2D eigenvalue weighted by Gasteiger charge is -2.13. The van der Waals surface area contributed by atoms with E-state index in [-0.39, 0.29) is 5.82 Å². The minimum Gasteiger partial charge on any atom is -0.253 e. The zero-order valence-corrected chi connectivity index (χ0v) is 23.2. The zero-order valence-electron chi connectivity index (χ0n) is 23.2. The van der Waals surface area contributed by atoms with Crippen LogP contribution in [0.5, 0.6) is 0 Å². The van der Waals surface area contributed by atoms with Gasteiger partial charge in [0.15, 0.2) is 0 Å². The maximum Gasteiger partial charge on any atom is 0.123 e. The van der Waals surface area contributed by atoms with E-state index in [1.807, 2.05) is 57.2 Å². The highest BCUT2D eigenvalue weighted by Gasteiger charge is 2.11. The molecule has 0 fully saturated rings. The van der Waals surface area contributed by atoms with Crippen LogP contribution in [0.1, 0.15) is 82.2 Å². The van der Waals surface area contributed by atoms with Crippen LogP contribution in [0.3, 0.4) is 0 Å². The molecule has 0 atom stereocenters. The molecule has 196 valence electrons. The van der Waals surface area contributed by atoms with Gasteiger partial charge in [-0.3, -0.25) is 4.98 Å². The Morgan fingerprint density at radius 1 is 0.973 bits per heavy atom. The molecule has 3 aromatic rings. The van der Waals surface area contributed by atoms with E-state index in [4.69, 9.17) is 4.98 Å².